The Balaban J connectivity index is 1.29. The SMILES string of the molecule is CC1(COCCCCOCC2CO2)CO1. The van der Waals surface area contributed by atoms with Gasteiger partial charge >= 0.3 is 0 Å². The van der Waals surface area contributed by atoms with Gasteiger partial charge in [-0.25, -0.2) is 0 Å². The van der Waals surface area contributed by atoms with Crippen LogP contribution in [0.3, 0.4) is 0 Å². The van der Waals surface area contributed by atoms with Crippen molar-refractivity contribution in [1.82, 2.24) is 0 Å². The number of hydrogen-bond acceptors (Lipinski definition) is 4. The van der Waals surface area contributed by atoms with E-state index in [-0.39, 0.29) is 5.60 Å². The summed E-state index contributed by atoms with van der Waals surface area (Å²) >= 11 is 0. The summed E-state index contributed by atoms with van der Waals surface area (Å²) in [6.07, 6.45) is 2.50. The van der Waals surface area contributed by atoms with E-state index >= 15 is 0 Å². The van der Waals surface area contributed by atoms with Crippen LogP contribution < -0.4 is 0 Å². The average Bonchev–Trinajstić information content (AvgIpc) is 3.09. The summed E-state index contributed by atoms with van der Waals surface area (Å²) in [5.74, 6) is 0. The van der Waals surface area contributed by atoms with Crippen LogP contribution in [0.15, 0.2) is 0 Å². The zero-order valence-corrected chi connectivity index (χ0v) is 9.37. The highest BCUT2D eigenvalue weighted by Gasteiger charge is 2.39. The zero-order chi connectivity index (χ0) is 10.6. The van der Waals surface area contributed by atoms with E-state index in [0.717, 1.165) is 52.5 Å². The van der Waals surface area contributed by atoms with E-state index in [2.05, 4.69) is 6.92 Å². The third-order valence-electron chi connectivity index (χ3n) is 2.58. The normalized spacial score (nSPS) is 33.0. The Morgan fingerprint density at radius 2 is 1.93 bits per heavy atom. The highest BCUT2D eigenvalue weighted by atomic mass is 16.6. The molecule has 15 heavy (non-hydrogen) atoms. The Morgan fingerprint density at radius 3 is 2.53 bits per heavy atom. The van der Waals surface area contributed by atoms with Gasteiger partial charge in [0.2, 0.25) is 0 Å². The van der Waals surface area contributed by atoms with Crippen molar-refractivity contribution in [2.45, 2.75) is 31.5 Å². The van der Waals surface area contributed by atoms with Gasteiger partial charge in [0.1, 0.15) is 11.7 Å². The van der Waals surface area contributed by atoms with Crippen LogP contribution in [0.25, 0.3) is 0 Å². The van der Waals surface area contributed by atoms with Crippen LogP contribution >= 0.6 is 0 Å². The summed E-state index contributed by atoms with van der Waals surface area (Å²) in [7, 11) is 0. The molecule has 2 heterocycles. The minimum absolute atomic E-state index is 0.0276. The fraction of sp³-hybridized carbons (Fsp3) is 1.00. The van der Waals surface area contributed by atoms with Gasteiger partial charge in [0.05, 0.1) is 26.4 Å². The summed E-state index contributed by atoms with van der Waals surface area (Å²) in [4.78, 5) is 0. The molecule has 2 fully saturated rings. The standard InChI is InChI=1S/C11H20O4/c1-11(9-15-11)8-13-5-3-2-4-12-6-10-7-14-10/h10H,2-9H2,1H3. The van der Waals surface area contributed by atoms with Gasteiger partial charge in [0.25, 0.3) is 0 Å². The van der Waals surface area contributed by atoms with Gasteiger partial charge in [0, 0.05) is 13.2 Å². The van der Waals surface area contributed by atoms with Crippen LogP contribution in [0.5, 0.6) is 0 Å². The lowest BCUT2D eigenvalue weighted by Crippen LogP contribution is -2.15. The molecule has 88 valence electrons. The smallest absolute Gasteiger partial charge is 0.112 e. The number of hydrogen-bond donors (Lipinski definition) is 0. The summed E-state index contributed by atoms with van der Waals surface area (Å²) in [6.45, 7) is 6.90. The summed E-state index contributed by atoms with van der Waals surface area (Å²) in [5, 5.41) is 0. The lowest BCUT2D eigenvalue weighted by Gasteiger charge is -2.06. The van der Waals surface area contributed by atoms with Gasteiger partial charge in [-0.05, 0) is 19.8 Å². The van der Waals surface area contributed by atoms with Crippen molar-refractivity contribution in [2.24, 2.45) is 0 Å². The van der Waals surface area contributed by atoms with Crippen LogP contribution in [-0.2, 0) is 18.9 Å². The first-order valence-corrected chi connectivity index (χ1v) is 5.70. The topological polar surface area (TPSA) is 43.5 Å². The fourth-order valence-corrected chi connectivity index (χ4v) is 1.28. The van der Waals surface area contributed by atoms with Gasteiger partial charge in [-0.2, -0.15) is 0 Å². The molecule has 0 aromatic carbocycles. The van der Waals surface area contributed by atoms with Crippen molar-refractivity contribution >= 4 is 0 Å². The molecule has 0 N–H and O–H groups in total. The third-order valence-corrected chi connectivity index (χ3v) is 2.58. The molecule has 4 nitrogen and oxygen atoms in total. The predicted molar refractivity (Wildman–Crippen MR) is 55.0 cm³/mol. The Morgan fingerprint density at radius 1 is 1.27 bits per heavy atom. The molecule has 2 saturated heterocycles. The Kier molecular flexibility index (Phi) is 3.97. The van der Waals surface area contributed by atoms with Gasteiger partial charge in [-0.15, -0.1) is 0 Å². The van der Waals surface area contributed by atoms with Gasteiger partial charge in [-0.1, -0.05) is 0 Å². The van der Waals surface area contributed by atoms with E-state index in [1.54, 1.807) is 0 Å². The molecular weight excluding hydrogens is 196 g/mol. The summed E-state index contributed by atoms with van der Waals surface area (Å²) in [5.41, 5.74) is 0.0276. The van der Waals surface area contributed by atoms with Gasteiger partial charge < -0.3 is 18.9 Å². The summed E-state index contributed by atoms with van der Waals surface area (Å²) < 4.78 is 21.2. The van der Waals surface area contributed by atoms with Gasteiger partial charge in [0.15, 0.2) is 0 Å². The third kappa shape index (κ3) is 4.93. The van der Waals surface area contributed by atoms with Crippen LogP contribution in [0.2, 0.25) is 0 Å². The van der Waals surface area contributed by atoms with Crippen LogP contribution in [0.4, 0.5) is 0 Å². The molecule has 2 atom stereocenters. The second kappa shape index (κ2) is 5.25. The highest BCUT2D eigenvalue weighted by Crippen LogP contribution is 2.25. The minimum atomic E-state index is 0.0276. The molecular formula is C11H20O4. The lowest BCUT2D eigenvalue weighted by atomic mass is 10.2. The van der Waals surface area contributed by atoms with Crippen LogP contribution in [0, 0.1) is 0 Å². The monoisotopic (exact) mass is 216 g/mol. The predicted octanol–water partition coefficient (Wildman–Crippen LogP) is 0.987. The maximum atomic E-state index is 5.50. The largest absolute Gasteiger partial charge is 0.379 e. The van der Waals surface area contributed by atoms with Crippen molar-refractivity contribution < 1.29 is 18.9 Å². The van der Waals surface area contributed by atoms with E-state index in [9.17, 15) is 0 Å². The molecule has 4 heteroatoms. The zero-order valence-electron chi connectivity index (χ0n) is 9.37. The van der Waals surface area contributed by atoms with Gasteiger partial charge in [-0.3, -0.25) is 0 Å². The Labute approximate surface area is 90.8 Å². The van der Waals surface area contributed by atoms with Crippen molar-refractivity contribution in [1.29, 1.82) is 0 Å². The first-order chi connectivity index (χ1) is 7.29. The first-order valence-electron chi connectivity index (χ1n) is 5.70. The van der Waals surface area contributed by atoms with Crippen molar-refractivity contribution in [3.63, 3.8) is 0 Å². The molecule has 2 aliphatic heterocycles. The molecule has 2 unspecified atom stereocenters. The molecule has 0 aromatic heterocycles. The quantitative estimate of drug-likeness (QED) is 0.426. The Hall–Kier alpha value is -0.160. The van der Waals surface area contributed by atoms with Crippen molar-refractivity contribution in [3.05, 3.63) is 0 Å². The maximum Gasteiger partial charge on any atom is 0.112 e. The molecule has 0 radical (unpaired) electrons. The van der Waals surface area contributed by atoms with Crippen molar-refractivity contribution in [3.8, 4) is 0 Å². The number of epoxide rings is 2. The highest BCUT2D eigenvalue weighted by molar-refractivity contribution is 4.86. The molecule has 0 saturated carbocycles. The average molecular weight is 216 g/mol. The van der Waals surface area contributed by atoms with E-state index in [0.29, 0.717) is 6.10 Å². The Bertz CT molecular complexity index is 187. The number of ether oxygens (including phenoxy) is 4. The molecule has 0 aromatic rings. The maximum absolute atomic E-state index is 5.50. The first kappa shape index (κ1) is 11.3. The molecule has 2 rings (SSSR count). The molecule has 2 aliphatic rings. The second-order valence-electron chi connectivity index (χ2n) is 4.53. The van der Waals surface area contributed by atoms with E-state index < -0.39 is 0 Å². The minimum Gasteiger partial charge on any atom is -0.379 e. The molecule has 0 spiro atoms. The summed E-state index contributed by atoms with van der Waals surface area (Å²) in [6, 6.07) is 0. The van der Waals surface area contributed by atoms with Crippen molar-refractivity contribution in [2.75, 3.05) is 39.6 Å². The number of rotatable bonds is 9. The molecule has 0 amide bonds. The lowest BCUT2D eigenvalue weighted by molar-refractivity contribution is 0.0711. The van der Waals surface area contributed by atoms with E-state index in [4.69, 9.17) is 18.9 Å². The van der Waals surface area contributed by atoms with Crippen LogP contribution in [-0.4, -0.2) is 51.3 Å². The second-order valence-corrected chi connectivity index (χ2v) is 4.53. The molecule has 0 aliphatic carbocycles. The van der Waals surface area contributed by atoms with Crippen LogP contribution in [0.1, 0.15) is 19.8 Å². The fourth-order valence-electron chi connectivity index (χ4n) is 1.28. The van der Waals surface area contributed by atoms with E-state index in [1.165, 1.54) is 0 Å². The number of unbranched alkanes of at least 4 members (excludes halogenated alkanes) is 1. The molecule has 0 bridgehead atoms. The van der Waals surface area contributed by atoms with E-state index in [1.807, 2.05) is 0 Å².